The first-order chi connectivity index (χ1) is 11.3. The molecule has 2 atom stereocenters. The Hall–Kier alpha value is -1.71. The zero-order valence-corrected chi connectivity index (χ0v) is 14.4. The average Bonchev–Trinajstić information content (AvgIpc) is 2.93. The third kappa shape index (κ3) is 5.15. The molecule has 0 aliphatic carbocycles. The summed E-state index contributed by atoms with van der Waals surface area (Å²) in [5.41, 5.74) is 0. The van der Waals surface area contributed by atoms with Gasteiger partial charge in [0.05, 0.1) is 25.0 Å². The largest absolute Gasteiger partial charge is 0.484 e. The predicted molar refractivity (Wildman–Crippen MR) is 85.6 cm³/mol. The van der Waals surface area contributed by atoms with Crippen LogP contribution < -0.4 is 10.1 Å². The van der Waals surface area contributed by atoms with Crippen molar-refractivity contribution in [1.29, 1.82) is 0 Å². The van der Waals surface area contributed by atoms with Gasteiger partial charge in [0, 0.05) is 20.0 Å². The van der Waals surface area contributed by atoms with Gasteiger partial charge in [-0.25, -0.2) is 17.1 Å². The summed E-state index contributed by atoms with van der Waals surface area (Å²) in [6, 6.07) is 4.94. The van der Waals surface area contributed by atoms with Crippen molar-refractivity contribution in [2.24, 2.45) is 5.92 Å². The molecule has 1 aliphatic rings. The average molecular weight is 360 g/mol. The van der Waals surface area contributed by atoms with Crippen LogP contribution in [0.5, 0.6) is 5.75 Å². The highest BCUT2D eigenvalue weighted by Gasteiger charge is 2.34. The predicted octanol–water partition coefficient (Wildman–Crippen LogP) is 0.227. The Morgan fingerprint density at radius 1 is 1.33 bits per heavy atom. The fourth-order valence-corrected chi connectivity index (χ4v) is 3.44. The monoisotopic (exact) mass is 360 g/mol. The maximum absolute atomic E-state index is 12.8. The molecule has 0 bridgehead atoms. The second-order valence-electron chi connectivity index (χ2n) is 5.78. The Kier molecular flexibility index (Phi) is 6.14. The lowest BCUT2D eigenvalue weighted by Crippen LogP contribution is -2.45. The van der Waals surface area contributed by atoms with Gasteiger partial charge in [0.15, 0.2) is 6.61 Å². The number of sulfonamides is 1. The van der Waals surface area contributed by atoms with Crippen molar-refractivity contribution in [3.63, 3.8) is 0 Å². The molecule has 1 fully saturated rings. The smallest absolute Gasteiger partial charge is 0.258 e. The van der Waals surface area contributed by atoms with E-state index in [-0.39, 0.29) is 49.3 Å². The summed E-state index contributed by atoms with van der Waals surface area (Å²) in [4.78, 5) is 12.0. The van der Waals surface area contributed by atoms with Crippen LogP contribution in [-0.2, 0) is 19.6 Å². The van der Waals surface area contributed by atoms with Gasteiger partial charge in [0.1, 0.15) is 11.6 Å². The van der Waals surface area contributed by atoms with Gasteiger partial charge in [-0.15, -0.1) is 0 Å². The molecule has 1 amide bonds. The summed E-state index contributed by atoms with van der Waals surface area (Å²) < 4.78 is 48.4. The number of nitrogens with one attached hydrogen (secondary N) is 1. The van der Waals surface area contributed by atoms with E-state index in [1.54, 1.807) is 0 Å². The Balaban J connectivity index is 1.85. The molecule has 1 saturated heterocycles. The lowest BCUT2D eigenvalue weighted by molar-refractivity contribution is -0.124. The van der Waals surface area contributed by atoms with Crippen molar-refractivity contribution in [3.05, 3.63) is 30.1 Å². The first kappa shape index (κ1) is 18.6. The van der Waals surface area contributed by atoms with Crippen molar-refractivity contribution in [1.82, 2.24) is 9.62 Å². The molecule has 0 unspecified atom stereocenters. The molecule has 0 radical (unpaired) electrons. The van der Waals surface area contributed by atoms with E-state index in [2.05, 4.69) is 5.32 Å². The van der Waals surface area contributed by atoms with Crippen LogP contribution >= 0.6 is 0 Å². The summed E-state index contributed by atoms with van der Waals surface area (Å²) in [5.74, 6) is -0.806. The topological polar surface area (TPSA) is 84.9 Å². The minimum absolute atomic E-state index is 0.0935. The number of amides is 1. The minimum Gasteiger partial charge on any atom is -0.484 e. The van der Waals surface area contributed by atoms with Crippen LogP contribution in [0.4, 0.5) is 4.39 Å². The number of rotatable bonds is 7. The quantitative estimate of drug-likeness (QED) is 0.752. The molecule has 2 rings (SSSR count). The molecule has 1 heterocycles. The number of nitrogens with zero attached hydrogens (tertiary/aromatic N) is 1. The van der Waals surface area contributed by atoms with Gasteiger partial charge >= 0.3 is 0 Å². The Labute approximate surface area is 140 Å². The van der Waals surface area contributed by atoms with Gasteiger partial charge in [0.25, 0.3) is 5.91 Å². The molecule has 0 saturated carbocycles. The van der Waals surface area contributed by atoms with Gasteiger partial charge in [0.2, 0.25) is 10.0 Å². The van der Waals surface area contributed by atoms with E-state index in [0.29, 0.717) is 5.75 Å². The van der Waals surface area contributed by atoms with Crippen LogP contribution in [0.25, 0.3) is 0 Å². The minimum atomic E-state index is -3.37. The summed E-state index contributed by atoms with van der Waals surface area (Å²) in [6.07, 6.45) is 0. The fourth-order valence-electron chi connectivity index (χ4n) is 2.27. The van der Waals surface area contributed by atoms with Crippen LogP contribution in [0.3, 0.4) is 0 Å². The van der Waals surface area contributed by atoms with Gasteiger partial charge < -0.3 is 14.8 Å². The lowest BCUT2D eigenvalue weighted by atomic mass is 10.1. The van der Waals surface area contributed by atoms with Crippen molar-refractivity contribution in [3.8, 4) is 5.75 Å². The molecule has 0 spiro atoms. The van der Waals surface area contributed by atoms with E-state index < -0.39 is 10.0 Å². The second-order valence-corrected chi connectivity index (χ2v) is 8.00. The van der Waals surface area contributed by atoms with Gasteiger partial charge in [-0.2, -0.15) is 0 Å². The van der Waals surface area contributed by atoms with Crippen LogP contribution in [0.1, 0.15) is 0 Å². The molecule has 1 aromatic carbocycles. The zero-order chi connectivity index (χ0) is 17.7. The first-order valence-electron chi connectivity index (χ1n) is 7.43. The van der Waals surface area contributed by atoms with E-state index in [1.807, 2.05) is 0 Å². The highest BCUT2D eigenvalue weighted by Crippen LogP contribution is 2.17. The van der Waals surface area contributed by atoms with Crippen LogP contribution in [0, 0.1) is 11.7 Å². The van der Waals surface area contributed by atoms with Crippen molar-refractivity contribution in [2.45, 2.75) is 6.04 Å². The van der Waals surface area contributed by atoms with Crippen molar-refractivity contribution >= 4 is 15.9 Å². The number of halogens is 1. The summed E-state index contributed by atoms with van der Waals surface area (Å²) in [7, 11) is -0.439. The number of hydrogen-bond acceptors (Lipinski definition) is 5. The molecular weight excluding hydrogens is 339 g/mol. The van der Waals surface area contributed by atoms with Gasteiger partial charge in [-0.3, -0.25) is 4.79 Å². The molecule has 1 aliphatic heterocycles. The molecule has 1 N–H and O–H groups in total. The third-order valence-electron chi connectivity index (χ3n) is 3.71. The maximum atomic E-state index is 12.8. The number of ether oxygens (including phenoxy) is 2. The number of hydrogen-bond donors (Lipinski definition) is 1. The molecule has 9 heteroatoms. The fraction of sp³-hybridized carbons (Fsp3) is 0.533. The Morgan fingerprint density at radius 3 is 2.62 bits per heavy atom. The molecular formula is C15H21FN2O5S. The highest BCUT2D eigenvalue weighted by atomic mass is 32.2. The van der Waals surface area contributed by atoms with E-state index in [1.165, 1.54) is 38.4 Å². The number of carbonyl (C=O) groups excluding carboxylic acids is 1. The zero-order valence-electron chi connectivity index (χ0n) is 13.6. The van der Waals surface area contributed by atoms with Crippen molar-refractivity contribution < 1.29 is 27.1 Å². The van der Waals surface area contributed by atoms with Crippen LogP contribution in [-0.4, -0.2) is 64.3 Å². The highest BCUT2D eigenvalue weighted by molar-refractivity contribution is 7.89. The molecule has 134 valence electrons. The molecule has 1 aromatic rings. The summed E-state index contributed by atoms with van der Waals surface area (Å²) in [5, 5.41) is 2.73. The van der Waals surface area contributed by atoms with E-state index in [9.17, 15) is 17.6 Å². The van der Waals surface area contributed by atoms with E-state index >= 15 is 0 Å². The Bertz CT molecular complexity index is 663. The first-order valence-corrected chi connectivity index (χ1v) is 9.04. The van der Waals surface area contributed by atoms with E-state index in [0.717, 1.165) is 4.31 Å². The van der Waals surface area contributed by atoms with Crippen molar-refractivity contribution in [2.75, 3.05) is 39.7 Å². The van der Waals surface area contributed by atoms with Gasteiger partial charge in [-0.05, 0) is 24.3 Å². The van der Waals surface area contributed by atoms with Gasteiger partial charge in [-0.1, -0.05) is 0 Å². The SMILES string of the molecule is CN(C)S(=O)(=O)C[C@@H]1COC[C@H]1NC(=O)COc1ccc(F)cc1. The lowest BCUT2D eigenvalue weighted by Gasteiger charge is -2.21. The number of carbonyl (C=O) groups is 1. The van der Waals surface area contributed by atoms with E-state index in [4.69, 9.17) is 9.47 Å². The molecule has 7 nitrogen and oxygen atoms in total. The third-order valence-corrected chi connectivity index (χ3v) is 5.67. The van der Waals surface area contributed by atoms with Crippen LogP contribution in [0.15, 0.2) is 24.3 Å². The maximum Gasteiger partial charge on any atom is 0.258 e. The van der Waals surface area contributed by atoms with Crippen LogP contribution in [0.2, 0.25) is 0 Å². The number of benzene rings is 1. The standard InChI is InChI=1S/C15H21FN2O5S/c1-18(2)24(20,21)10-11-7-22-8-14(11)17-15(19)9-23-13-5-3-12(16)4-6-13/h3-6,11,14H,7-10H2,1-2H3,(H,17,19)/t11-,14+/m0/s1. The molecule has 0 aromatic heterocycles. The normalized spacial score (nSPS) is 21.0. The summed E-state index contributed by atoms with van der Waals surface area (Å²) >= 11 is 0. The summed E-state index contributed by atoms with van der Waals surface area (Å²) in [6.45, 7) is 0.294. The molecule has 24 heavy (non-hydrogen) atoms. The second kappa shape index (κ2) is 7.91. The Morgan fingerprint density at radius 2 is 2.00 bits per heavy atom.